The molecule has 3 rings (SSSR count). The monoisotopic (exact) mass is 319 g/mol. The van der Waals surface area contributed by atoms with Crippen molar-refractivity contribution in [2.75, 3.05) is 0 Å². The molecule has 0 radical (unpaired) electrons. The predicted octanol–water partition coefficient (Wildman–Crippen LogP) is 3.60. The first-order chi connectivity index (χ1) is 11.6. The summed E-state index contributed by atoms with van der Waals surface area (Å²) < 4.78 is 0. The van der Waals surface area contributed by atoms with Crippen LogP contribution in [-0.2, 0) is 6.54 Å². The Balaban J connectivity index is 1.92. The third kappa shape index (κ3) is 2.94. The summed E-state index contributed by atoms with van der Waals surface area (Å²) in [5.74, 6) is 0.939. The standard InChI is InChI=1S/C17H17N7/c1-10(2)14(24-19)7-20-9-16-22-15-8-21-13-4-3-11(6-18)5-12(13)17(15)23-16/h3-5,7-8,10,19-20H,9H2,1-2H3,(H,22,23)/b14-7-,24-19?. The molecule has 2 heterocycles. The molecule has 3 N–H and O–H groups in total. The number of rotatable bonds is 5. The number of fused-ring (bicyclic) bond motifs is 3. The van der Waals surface area contributed by atoms with E-state index in [1.807, 2.05) is 26.0 Å². The molecular weight excluding hydrogens is 302 g/mol. The zero-order chi connectivity index (χ0) is 17.1. The fraction of sp³-hybridized carbons (Fsp3) is 0.235. The van der Waals surface area contributed by atoms with E-state index in [4.69, 9.17) is 10.8 Å². The maximum atomic E-state index is 9.07. The molecule has 1 aromatic carbocycles. The van der Waals surface area contributed by atoms with Crippen molar-refractivity contribution >= 4 is 21.9 Å². The largest absolute Gasteiger partial charge is 0.382 e. The fourth-order valence-electron chi connectivity index (χ4n) is 2.45. The molecule has 0 atom stereocenters. The van der Waals surface area contributed by atoms with Crippen LogP contribution in [0.2, 0.25) is 0 Å². The van der Waals surface area contributed by atoms with Crippen LogP contribution in [0.4, 0.5) is 0 Å². The Morgan fingerprint density at radius 3 is 3.00 bits per heavy atom. The topological polar surface area (TPSA) is 114 Å². The van der Waals surface area contributed by atoms with Crippen LogP contribution < -0.4 is 5.32 Å². The average Bonchev–Trinajstić information content (AvgIpc) is 3.01. The molecule has 3 aromatic rings. The van der Waals surface area contributed by atoms with Gasteiger partial charge >= 0.3 is 0 Å². The van der Waals surface area contributed by atoms with E-state index in [0.29, 0.717) is 17.8 Å². The fourth-order valence-corrected chi connectivity index (χ4v) is 2.45. The first-order valence-electron chi connectivity index (χ1n) is 7.60. The van der Waals surface area contributed by atoms with Gasteiger partial charge in [0.25, 0.3) is 0 Å². The van der Waals surface area contributed by atoms with Crippen molar-refractivity contribution < 1.29 is 0 Å². The van der Waals surface area contributed by atoms with Crippen LogP contribution in [-0.4, -0.2) is 15.0 Å². The molecule has 0 fully saturated rings. The van der Waals surface area contributed by atoms with Gasteiger partial charge in [0.05, 0.1) is 41.1 Å². The number of nitriles is 1. The summed E-state index contributed by atoms with van der Waals surface area (Å²) in [6.07, 6.45) is 3.45. The molecule has 0 aliphatic rings. The number of pyridine rings is 1. The Kier molecular flexibility index (Phi) is 4.20. The minimum atomic E-state index is 0.184. The number of hydrogen-bond donors (Lipinski definition) is 3. The van der Waals surface area contributed by atoms with Crippen molar-refractivity contribution in [2.24, 2.45) is 11.0 Å². The second-order valence-corrected chi connectivity index (χ2v) is 5.76. The van der Waals surface area contributed by atoms with Crippen molar-refractivity contribution in [3.05, 3.63) is 47.7 Å². The van der Waals surface area contributed by atoms with Crippen LogP contribution in [0.15, 0.2) is 41.4 Å². The summed E-state index contributed by atoms with van der Waals surface area (Å²) in [4.78, 5) is 12.2. The van der Waals surface area contributed by atoms with Crippen molar-refractivity contribution in [1.82, 2.24) is 20.3 Å². The van der Waals surface area contributed by atoms with E-state index in [2.05, 4.69) is 31.5 Å². The molecule has 0 bridgehead atoms. The van der Waals surface area contributed by atoms with Gasteiger partial charge in [0.15, 0.2) is 0 Å². The van der Waals surface area contributed by atoms with E-state index >= 15 is 0 Å². The number of aromatic amines is 1. The molecule has 0 saturated carbocycles. The Bertz CT molecular complexity index is 976. The van der Waals surface area contributed by atoms with E-state index in [-0.39, 0.29) is 5.92 Å². The lowest BCUT2D eigenvalue weighted by Gasteiger charge is -2.04. The Labute approximate surface area is 138 Å². The minimum Gasteiger partial charge on any atom is -0.382 e. The summed E-state index contributed by atoms with van der Waals surface area (Å²) in [5.41, 5.74) is 10.9. The lowest BCUT2D eigenvalue weighted by atomic mass is 10.1. The van der Waals surface area contributed by atoms with E-state index in [1.165, 1.54) is 0 Å². The quantitative estimate of drug-likeness (QED) is 0.623. The van der Waals surface area contributed by atoms with E-state index in [0.717, 1.165) is 27.8 Å². The first-order valence-corrected chi connectivity index (χ1v) is 7.60. The van der Waals surface area contributed by atoms with Gasteiger partial charge in [-0.15, -0.1) is 0 Å². The van der Waals surface area contributed by atoms with Crippen LogP contribution in [0.3, 0.4) is 0 Å². The highest BCUT2D eigenvalue weighted by atomic mass is 15.0. The van der Waals surface area contributed by atoms with Gasteiger partial charge in [0.2, 0.25) is 0 Å². The average molecular weight is 319 g/mol. The van der Waals surface area contributed by atoms with Gasteiger partial charge < -0.3 is 10.3 Å². The first kappa shape index (κ1) is 15.6. The number of nitrogens with zero attached hydrogens (tertiary/aromatic N) is 4. The Morgan fingerprint density at radius 2 is 2.29 bits per heavy atom. The summed E-state index contributed by atoms with van der Waals surface area (Å²) in [5, 5.41) is 16.6. The lowest BCUT2D eigenvalue weighted by molar-refractivity contribution is 0.705. The number of nitrogens with one attached hydrogen (secondary N) is 3. The van der Waals surface area contributed by atoms with E-state index < -0.39 is 0 Å². The Morgan fingerprint density at radius 1 is 1.46 bits per heavy atom. The molecule has 0 saturated heterocycles. The highest BCUT2D eigenvalue weighted by Gasteiger charge is 2.08. The van der Waals surface area contributed by atoms with Crippen molar-refractivity contribution in [1.29, 1.82) is 10.8 Å². The molecule has 7 heteroatoms. The molecule has 24 heavy (non-hydrogen) atoms. The number of benzene rings is 1. The number of aromatic nitrogens is 3. The molecule has 0 amide bonds. The molecule has 0 aliphatic carbocycles. The van der Waals surface area contributed by atoms with Crippen LogP contribution >= 0.6 is 0 Å². The number of imidazole rings is 1. The lowest BCUT2D eigenvalue weighted by Crippen LogP contribution is -2.08. The summed E-state index contributed by atoms with van der Waals surface area (Å²) >= 11 is 0. The summed E-state index contributed by atoms with van der Waals surface area (Å²) in [7, 11) is 0. The normalized spacial score (nSPS) is 11.8. The van der Waals surface area contributed by atoms with Crippen LogP contribution in [0.1, 0.15) is 25.2 Å². The van der Waals surface area contributed by atoms with Gasteiger partial charge in [-0.2, -0.15) is 10.4 Å². The summed E-state index contributed by atoms with van der Waals surface area (Å²) in [6.45, 7) is 4.45. The SMILES string of the molecule is CC(C)/C(=C/NCc1nc2cnc3ccc(C#N)cc3c2[nH]1)N=N. The van der Waals surface area contributed by atoms with E-state index in [1.54, 1.807) is 18.5 Å². The van der Waals surface area contributed by atoms with Gasteiger partial charge in [-0.1, -0.05) is 13.8 Å². The molecule has 120 valence electrons. The van der Waals surface area contributed by atoms with Crippen LogP contribution in [0.25, 0.3) is 21.9 Å². The molecule has 7 nitrogen and oxygen atoms in total. The molecule has 0 aliphatic heterocycles. The zero-order valence-electron chi connectivity index (χ0n) is 13.5. The van der Waals surface area contributed by atoms with E-state index in [9.17, 15) is 0 Å². The van der Waals surface area contributed by atoms with Crippen LogP contribution in [0.5, 0.6) is 0 Å². The summed E-state index contributed by atoms with van der Waals surface area (Å²) in [6, 6.07) is 7.54. The highest BCUT2D eigenvalue weighted by Crippen LogP contribution is 2.22. The molecule has 0 spiro atoms. The van der Waals surface area contributed by atoms with Gasteiger partial charge in [-0.05, 0) is 24.1 Å². The predicted molar refractivity (Wildman–Crippen MR) is 91.0 cm³/mol. The van der Waals surface area contributed by atoms with Crippen molar-refractivity contribution in [3.63, 3.8) is 0 Å². The molecule has 0 unspecified atom stereocenters. The highest BCUT2D eigenvalue weighted by molar-refractivity contribution is 6.02. The number of H-pyrrole nitrogens is 1. The maximum absolute atomic E-state index is 9.07. The smallest absolute Gasteiger partial charge is 0.126 e. The van der Waals surface area contributed by atoms with Crippen molar-refractivity contribution in [2.45, 2.75) is 20.4 Å². The maximum Gasteiger partial charge on any atom is 0.126 e. The minimum absolute atomic E-state index is 0.184. The second kappa shape index (κ2) is 6.46. The molecule has 2 aromatic heterocycles. The third-order valence-corrected chi connectivity index (χ3v) is 3.74. The number of hydrogen-bond acceptors (Lipinski definition) is 6. The Hall–Kier alpha value is -3.27. The number of allylic oxidation sites excluding steroid dienone is 1. The van der Waals surface area contributed by atoms with Gasteiger partial charge in [0.1, 0.15) is 11.3 Å². The van der Waals surface area contributed by atoms with Gasteiger partial charge in [-0.3, -0.25) is 4.98 Å². The molecular formula is C17H17N7. The zero-order valence-corrected chi connectivity index (χ0v) is 13.5. The van der Waals surface area contributed by atoms with Crippen molar-refractivity contribution in [3.8, 4) is 6.07 Å². The third-order valence-electron chi connectivity index (χ3n) is 3.74. The van der Waals surface area contributed by atoms with Gasteiger partial charge in [0, 0.05) is 11.6 Å². The van der Waals surface area contributed by atoms with Crippen LogP contribution in [0, 0.1) is 22.8 Å². The van der Waals surface area contributed by atoms with Gasteiger partial charge in [-0.25, -0.2) is 10.5 Å². The second-order valence-electron chi connectivity index (χ2n) is 5.76.